The van der Waals surface area contributed by atoms with Crippen LogP contribution in [0.3, 0.4) is 0 Å². The number of hydrogen-bond donors (Lipinski definition) is 1. The van der Waals surface area contributed by atoms with Crippen LogP contribution >= 0.6 is 23.2 Å². The summed E-state index contributed by atoms with van der Waals surface area (Å²) in [4.78, 5) is 17.6. The summed E-state index contributed by atoms with van der Waals surface area (Å²) in [6.07, 6.45) is 2.47. The summed E-state index contributed by atoms with van der Waals surface area (Å²) < 4.78 is 1.34. The van der Waals surface area contributed by atoms with E-state index < -0.39 is 0 Å². The number of fused-ring (bicyclic) bond motifs is 1. The van der Waals surface area contributed by atoms with Crippen molar-refractivity contribution in [3.05, 3.63) is 75.6 Å². The van der Waals surface area contributed by atoms with E-state index in [0.717, 1.165) is 6.34 Å². The third-order valence-corrected chi connectivity index (χ3v) is 4.02. The Morgan fingerprint density at radius 3 is 2.68 bits per heavy atom. The minimum absolute atomic E-state index is 0.199. The molecule has 126 valence electrons. The van der Waals surface area contributed by atoms with Gasteiger partial charge in [0.1, 0.15) is 6.34 Å². The molecular formula is C17H13Cl2N5O. The van der Waals surface area contributed by atoms with Gasteiger partial charge < -0.3 is 5.73 Å². The molecule has 2 aromatic carbocycles. The first-order valence-electron chi connectivity index (χ1n) is 7.20. The lowest BCUT2D eigenvalue weighted by Gasteiger charge is -2.19. The van der Waals surface area contributed by atoms with Crippen molar-refractivity contribution in [2.24, 2.45) is 10.8 Å². The van der Waals surface area contributed by atoms with Gasteiger partial charge in [-0.2, -0.15) is 5.10 Å². The molecule has 1 aromatic heterocycles. The molecule has 6 nitrogen and oxygen atoms in total. The van der Waals surface area contributed by atoms with Gasteiger partial charge >= 0.3 is 0 Å². The molecule has 0 radical (unpaired) electrons. The van der Waals surface area contributed by atoms with E-state index in [4.69, 9.17) is 28.9 Å². The molecule has 0 spiro atoms. The van der Waals surface area contributed by atoms with E-state index in [9.17, 15) is 4.79 Å². The Bertz CT molecular complexity index is 1040. The number of para-hydroxylation sites is 1. The van der Waals surface area contributed by atoms with Crippen molar-refractivity contribution >= 4 is 46.4 Å². The predicted octanol–water partition coefficient (Wildman–Crippen LogP) is 3.54. The van der Waals surface area contributed by atoms with Crippen molar-refractivity contribution < 1.29 is 0 Å². The second-order valence-electron chi connectivity index (χ2n) is 4.96. The van der Waals surface area contributed by atoms with E-state index >= 15 is 0 Å². The minimum Gasteiger partial charge on any atom is -0.388 e. The first-order chi connectivity index (χ1) is 12.1. The molecule has 0 atom stereocenters. The van der Waals surface area contributed by atoms with Gasteiger partial charge in [-0.05, 0) is 30.3 Å². The van der Waals surface area contributed by atoms with Gasteiger partial charge in [-0.25, -0.2) is 14.6 Å². The number of nitrogens with two attached hydrogens (primary N) is 1. The molecule has 0 aliphatic heterocycles. The van der Waals surface area contributed by atoms with E-state index in [1.165, 1.54) is 15.8 Å². The summed E-state index contributed by atoms with van der Waals surface area (Å²) in [6.45, 7) is 3.68. The summed E-state index contributed by atoms with van der Waals surface area (Å²) in [5.41, 5.74) is 6.03. The van der Waals surface area contributed by atoms with Crippen molar-refractivity contribution in [3.63, 3.8) is 0 Å². The van der Waals surface area contributed by atoms with Gasteiger partial charge in [0, 0.05) is 11.2 Å². The minimum atomic E-state index is -0.302. The highest BCUT2D eigenvalue weighted by Crippen LogP contribution is 2.27. The Kier molecular flexibility index (Phi) is 4.74. The highest BCUT2D eigenvalue weighted by molar-refractivity contribution is 6.35. The van der Waals surface area contributed by atoms with E-state index in [0.29, 0.717) is 26.6 Å². The molecule has 0 aliphatic carbocycles. The summed E-state index contributed by atoms with van der Waals surface area (Å²) in [5, 5.41) is 6.46. The number of anilines is 1. The second-order valence-corrected chi connectivity index (χ2v) is 5.80. The van der Waals surface area contributed by atoms with Gasteiger partial charge in [0.2, 0.25) is 5.95 Å². The monoisotopic (exact) mass is 373 g/mol. The Labute approximate surface area is 153 Å². The Morgan fingerprint density at radius 2 is 2.00 bits per heavy atom. The fraction of sp³-hybridized carbons (Fsp3) is 0. The number of rotatable bonds is 4. The molecule has 0 bridgehead atoms. The SMILES string of the molecule is C=CN(/N=C\N)c1nc2ccccc2c(=O)n1-c1ccc(Cl)cc1Cl. The van der Waals surface area contributed by atoms with Crippen molar-refractivity contribution in [1.82, 2.24) is 9.55 Å². The summed E-state index contributed by atoms with van der Waals surface area (Å²) in [7, 11) is 0. The van der Waals surface area contributed by atoms with Gasteiger partial charge in [0.05, 0.1) is 21.6 Å². The van der Waals surface area contributed by atoms with Crippen molar-refractivity contribution in [3.8, 4) is 5.69 Å². The first kappa shape index (κ1) is 17.0. The standard InChI is InChI=1S/C17H13Cl2N5O/c1-2-23(21-10-20)17-22-14-6-4-3-5-12(14)16(25)24(17)15-8-7-11(18)9-13(15)19/h2-10H,1H2,(H2,20,21). The number of hydrazone groups is 1. The van der Waals surface area contributed by atoms with Crippen LogP contribution in [0, 0.1) is 0 Å². The van der Waals surface area contributed by atoms with Gasteiger partial charge in [-0.15, -0.1) is 0 Å². The maximum Gasteiger partial charge on any atom is 0.267 e. The Hall–Kier alpha value is -2.83. The topological polar surface area (TPSA) is 76.5 Å². The quantitative estimate of drug-likeness (QED) is 0.431. The number of nitrogens with zero attached hydrogens (tertiary/aromatic N) is 4. The van der Waals surface area contributed by atoms with Crippen molar-refractivity contribution in [2.45, 2.75) is 0 Å². The molecule has 1 heterocycles. The molecule has 8 heteroatoms. The van der Waals surface area contributed by atoms with Crippen LogP contribution in [-0.4, -0.2) is 15.9 Å². The maximum absolute atomic E-state index is 13.1. The zero-order valence-corrected chi connectivity index (χ0v) is 14.4. The van der Waals surface area contributed by atoms with Crippen molar-refractivity contribution in [1.29, 1.82) is 0 Å². The Morgan fingerprint density at radius 1 is 1.24 bits per heavy atom. The first-order valence-corrected chi connectivity index (χ1v) is 7.95. The lowest BCUT2D eigenvalue weighted by Crippen LogP contribution is -2.27. The van der Waals surface area contributed by atoms with Crippen LogP contribution in [0.2, 0.25) is 10.0 Å². The predicted molar refractivity (Wildman–Crippen MR) is 103 cm³/mol. The Balaban J connectivity index is 2.44. The lowest BCUT2D eigenvalue weighted by atomic mass is 10.2. The summed E-state index contributed by atoms with van der Waals surface area (Å²) in [5.74, 6) is 0.199. The van der Waals surface area contributed by atoms with Crippen molar-refractivity contribution in [2.75, 3.05) is 5.01 Å². The van der Waals surface area contributed by atoms with E-state index in [2.05, 4.69) is 16.7 Å². The smallest absolute Gasteiger partial charge is 0.267 e. The fourth-order valence-electron chi connectivity index (χ4n) is 2.41. The molecule has 0 unspecified atom stereocenters. The van der Waals surface area contributed by atoms with Gasteiger partial charge in [0.25, 0.3) is 5.56 Å². The average Bonchev–Trinajstić information content (AvgIpc) is 2.60. The molecule has 3 aromatic rings. The highest BCUT2D eigenvalue weighted by atomic mass is 35.5. The van der Waals surface area contributed by atoms with Crippen LogP contribution in [0.5, 0.6) is 0 Å². The molecule has 0 aliphatic rings. The summed E-state index contributed by atoms with van der Waals surface area (Å²) >= 11 is 12.3. The van der Waals surface area contributed by atoms with E-state index in [1.807, 2.05) is 0 Å². The number of benzene rings is 2. The van der Waals surface area contributed by atoms with Crippen LogP contribution in [0.25, 0.3) is 16.6 Å². The number of halogens is 2. The second kappa shape index (κ2) is 6.96. The average molecular weight is 374 g/mol. The highest BCUT2D eigenvalue weighted by Gasteiger charge is 2.18. The van der Waals surface area contributed by atoms with Crippen LogP contribution in [0.15, 0.2) is 65.1 Å². The normalized spacial score (nSPS) is 11.1. The van der Waals surface area contributed by atoms with Crippen LogP contribution in [0.1, 0.15) is 0 Å². The summed E-state index contributed by atoms with van der Waals surface area (Å²) in [6, 6.07) is 11.8. The van der Waals surface area contributed by atoms with Gasteiger partial charge in [-0.1, -0.05) is 41.9 Å². The van der Waals surface area contributed by atoms with Gasteiger partial charge in [-0.3, -0.25) is 4.79 Å². The molecule has 0 saturated heterocycles. The maximum atomic E-state index is 13.1. The van der Waals surface area contributed by atoms with Crippen LogP contribution in [0.4, 0.5) is 5.95 Å². The molecule has 0 fully saturated rings. The zero-order valence-electron chi connectivity index (χ0n) is 12.9. The van der Waals surface area contributed by atoms with Crippen LogP contribution < -0.4 is 16.3 Å². The number of hydrogen-bond acceptors (Lipinski definition) is 4. The largest absolute Gasteiger partial charge is 0.388 e. The van der Waals surface area contributed by atoms with Gasteiger partial charge in [0.15, 0.2) is 0 Å². The molecule has 25 heavy (non-hydrogen) atoms. The lowest BCUT2D eigenvalue weighted by molar-refractivity contribution is 0.887. The third kappa shape index (κ3) is 3.09. The molecule has 0 saturated carbocycles. The van der Waals surface area contributed by atoms with E-state index in [-0.39, 0.29) is 11.5 Å². The van der Waals surface area contributed by atoms with Crippen LogP contribution in [-0.2, 0) is 0 Å². The molecular weight excluding hydrogens is 361 g/mol. The fourth-order valence-corrected chi connectivity index (χ4v) is 2.90. The van der Waals surface area contributed by atoms with E-state index in [1.54, 1.807) is 42.5 Å². The zero-order chi connectivity index (χ0) is 18.0. The third-order valence-electron chi connectivity index (χ3n) is 3.48. The molecule has 0 amide bonds. The molecule has 2 N–H and O–H groups in total. The number of aromatic nitrogens is 2. The molecule has 3 rings (SSSR count).